The highest BCUT2D eigenvalue weighted by atomic mass is 35.5. The van der Waals surface area contributed by atoms with Crippen LogP contribution in [0.25, 0.3) is 0 Å². The Labute approximate surface area is 163 Å². The van der Waals surface area contributed by atoms with Crippen molar-refractivity contribution < 1.29 is 4.79 Å². The number of thiocarbonyl (C=S) groups is 1. The molecule has 2 aromatic carbocycles. The first-order valence-corrected chi connectivity index (χ1v) is 9.05. The Morgan fingerprint density at radius 1 is 1.08 bits per heavy atom. The fourth-order valence-corrected chi connectivity index (χ4v) is 3.54. The van der Waals surface area contributed by atoms with E-state index in [1.165, 1.54) is 0 Å². The van der Waals surface area contributed by atoms with Gasteiger partial charge in [0, 0.05) is 16.4 Å². The average Bonchev–Trinajstić information content (AvgIpc) is 2.53. The van der Waals surface area contributed by atoms with Crippen molar-refractivity contribution in [3.8, 4) is 0 Å². The van der Waals surface area contributed by atoms with E-state index in [0.717, 1.165) is 28.1 Å². The molecule has 1 amide bonds. The third-order valence-electron chi connectivity index (χ3n) is 4.20. The van der Waals surface area contributed by atoms with E-state index in [9.17, 15) is 4.79 Å². The lowest BCUT2D eigenvalue weighted by Gasteiger charge is -2.30. The van der Waals surface area contributed by atoms with E-state index in [4.69, 9.17) is 23.8 Å². The first kappa shape index (κ1) is 18.4. The molecule has 26 heavy (non-hydrogen) atoms. The summed E-state index contributed by atoms with van der Waals surface area (Å²) in [4.78, 5) is 13.0. The standard InChI is InChI=1S/C20H20ClN3OS/c1-11-8-12(2)10-16(9-11)23-19(25)17-13(3)22-20(26)24-18(17)14-4-6-15(21)7-5-14/h4-10,18H,1-3H3,(H,23,25)(H2,22,24,26)/t18-/m0/s1. The highest BCUT2D eigenvalue weighted by Gasteiger charge is 2.29. The number of rotatable bonds is 3. The van der Waals surface area contributed by atoms with Crippen molar-refractivity contribution in [1.29, 1.82) is 0 Å². The molecule has 0 saturated carbocycles. The number of nitrogens with one attached hydrogen (secondary N) is 3. The van der Waals surface area contributed by atoms with Crippen molar-refractivity contribution in [3.63, 3.8) is 0 Å². The molecular formula is C20H20ClN3OS. The van der Waals surface area contributed by atoms with Gasteiger partial charge in [-0.15, -0.1) is 0 Å². The van der Waals surface area contributed by atoms with Crippen molar-refractivity contribution in [1.82, 2.24) is 10.6 Å². The number of allylic oxidation sites excluding steroid dienone is 1. The predicted molar refractivity (Wildman–Crippen MR) is 110 cm³/mol. The second-order valence-electron chi connectivity index (χ2n) is 6.45. The van der Waals surface area contributed by atoms with Gasteiger partial charge < -0.3 is 16.0 Å². The van der Waals surface area contributed by atoms with Crippen LogP contribution in [0, 0.1) is 13.8 Å². The van der Waals surface area contributed by atoms with Gasteiger partial charge in [0.2, 0.25) is 0 Å². The lowest BCUT2D eigenvalue weighted by atomic mass is 9.95. The van der Waals surface area contributed by atoms with Crippen LogP contribution in [0.15, 0.2) is 53.7 Å². The molecule has 0 bridgehead atoms. The van der Waals surface area contributed by atoms with Gasteiger partial charge in [-0.3, -0.25) is 4.79 Å². The minimum Gasteiger partial charge on any atom is -0.351 e. The van der Waals surface area contributed by atoms with Crippen molar-refractivity contribution in [2.45, 2.75) is 26.8 Å². The minimum atomic E-state index is -0.341. The van der Waals surface area contributed by atoms with Gasteiger partial charge in [0.15, 0.2) is 5.11 Å². The summed E-state index contributed by atoms with van der Waals surface area (Å²) in [6.45, 7) is 5.87. The zero-order chi connectivity index (χ0) is 18.8. The van der Waals surface area contributed by atoms with Gasteiger partial charge >= 0.3 is 0 Å². The normalized spacial score (nSPS) is 16.8. The molecule has 1 heterocycles. The monoisotopic (exact) mass is 385 g/mol. The molecule has 0 radical (unpaired) electrons. The van der Waals surface area contributed by atoms with Gasteiger partial charge in [0.25, 0.3) is 5.91 Å². The Balaban J connectivity index is 1.95. The number of halogens is 1. The molecule has 4 nitrogen and oxygen atoms in total. The highest BCUT2D eigenvalue weighted by Crippen LogP contribution is 2.29. The average molecular weight is 386 g/mol. The summed E-state index contributed by atoms with van der Waals surface area (Å²) in [5.41, 5.74) is 5.22. The number of amides is 1. The minimum absolute atomic E-state index is 0.171. The molecule has 1 aliphatic rings. The van der Waals surface area contributed by atoms with Gasteiger partial charge in [0.05, 0.1) is 11.6 Å². The number of anilines is 1. The van der Waals surface area contributed by atoms with Gasteiger partial charge in [0.1, 0.15) is 0 Å². The van der Waals surface area contributed by atoms with Crippen molar-refractivity contribution >= 4 is 40.5 Å². The molecule has 0 unspecified atom stereocenters. The number of carbonyl (C=O) groups is 1. The van der Waals surface area contributed by atoms with E-state index in [0.29, 0.717) is 15.7 Å². The van der Waals surface area contributed by atoms with Crippen molar-refractivity contribution in [3.05, 3.63) is 75.4 Å². The van der Waals surface area contributed by atoms with Gasteiger partial charge in [-0.1, -0.05) is 29.8 Å². The summed E-state index contributed by atoms with van der Waals surface area (Å²) in [5.74, 6) is -0.171. The SMILES string of the molecule is CC1=C(C(=O)Nc2cc(C)cc(C)c2)[C@H](c2ccc(Cl)cc2)NC(=S)N1. The molecule has 3 N–H and O–H groups in total. The van der Waals surface area contributed by atoms with Crippen LogP contribution in [0.1, 0.15) is 29.7 Å². The summed E-state index contributed by atoms with van der Waals surface area (Å²) in [5, 5.41) is 10.4. The van der Waals surface area contributed by atoms with Crippen LogP contribution in [0.2, 0.25) is 5.02 Å². The van der Waals surface area contributed by atoms with Crippen LogP contribution in [0.3, 0.4) is 0 Å². The van der Waals surface area contributed by atoms with Gasteiger partial charge in [-0.25, -0.2) is 0 Å². The molecule has 6 heteroatoms. The number of hydrogen-bond acceptors (Lipinski definition) is 2. The van der Waals surface area contributed by atoms with E-state index >= 15 is 0 Å². The van der Waals surface area contributed by atoms with Crippen LogP contribution in [0.5, 0.6) is 0 Å². The van der Waals surface area contributed by atoms with Gasteiger partial charge in [-0.05, 0) is 73.9 Å². The molecule has 2 aromatic rings. The second-order valence-corrected chi connectivity index (χ2v) is 7.30. The Morgan fingerprint density at radius 2 is 1.69 bits per heavy atom. The first-order chi connectivity index (χ1) is 12.3. The largest absolute Gasteiger partial charge is 0.351 e. The molecule has 0 aliphatic carbocycles. The predicted octanol–water partition coefficient (Wildman–Crippen LogP) is 4.39. The summed E-state index contributed by atoms with van der Waals surface area (Å²) in [6.07, 6.45) is 0. The third kappa shape index (κ3) is 4.06. The van der Waals surface area contributed by atoms with Crippen LogP contribution < -0.4 is 16.0 Å². The highest BCUT2D eigenvalue weighted by molar-refractivity contribution is 7.80. The maximum atomic E-state index is 13.0. The van der Waals surface area contributed by atoms with Gasteiger partial charge in [-0.2, -0.15) is 0 Å². The first-order valence-electron chi connectivity index (χ1n) is 8.27. The maximum Gasteiger partial charge on any atom is 0.255 e. The Bertz CT molecular complexity index is 886. The number of carbonyl (C=O) groups excluding carboxylic acids is 1. The molecule has 1 atom stereocenters. The maximum absolute atomic E-state index is 13.0. The van der Waals surface area contributed by atoms with E-state index in [1.54, 1.807) is 12.1 Å². The van der Waals surface area contributed by atoms with E-state index in [1.807, 2.05) is 45.0 Å². The fourth-order valence-electron chi connectivity index (χ4n) is 3.15. The quantitative estimate of drug-likeness (QED) is 0.686. The van der Waals surface area contributed by atoms with Crippen molar-refractivity contribution in [2.75, 3.05) is 5.32 Å². The third-order valence-corrected chi connectivity index (χ3v) is 4.67. The molecule has 0 saturated heterocycles. The number of hydrogen-bond donors (Lipinski definition) is 3. The summed E-state index contributed by atoms with van der Waals surface area (Å²) < 4.78 is 0. The summed E-state index contributed by atoms with van der Waals surface area (Å²) >= 11 is 11.3. The lowest BCUT2D eigenvalue weighted by Crippen LogP contribution is -2.45. The Kier molecular flexibility index (Phi) is 5.30. The zero-order valence-electron chi connectivity index (χ0n) is 14.8. The molecule has 1 aliphatic heterocycles. The van der Waals surface area contributed by atoms with E-state index in [-0.39, 0.29) is 11.9 Å². The van der Waals surface area contributed by atoms with Crippen molar-refractivity contribution in [2.24, 2.45) is 0 Å². The molecule has 0 aromatic heterocycles. The van der Waals surface area contributed by atoms with Crippen LogP contribution in [-0.4, -0.2) is 11.0 Å². The van der Waals surface area contributed by atoms with Crippen LogP contribution in [0.4, 0.5) is 5.69 Å². The lowest BCUT2D eigenvalue weighted by molar-refractivity contribution is -0.113. The Hall–Kier alpha value is -2.37. The van der Waals surface area contributed by atoms with E-state index < -0.39 is 0 Å². The number of benzene rings is 2. The summed E-state index contributed by atoms with van der Waals surface area (Å²) in [6, 6.07) is 13.0. The summed E-state index contributed by atoms with van der Waals surface area (Å²) in [7, 11) is 0. The molecule has 3 rings (SSSR count). The fraction of sp³-hybridized carbons (Fsp3) is 0.200. The van der Waals surface area contributed by atoms with Crippen LogP contribution >= 0.6 is 23.8 Å². The smallest absolute Gasteiger partial charge is 0.255 e. The molecule has 134 valence electrons. The molecular weight excluding hydrogens is 366 g/mol. The van der Waals surface area contributed by atoms with E-state index in [2.05, 4.69) is 22.0 Å². The number of aryl methyl sites for hydroxylation is 2. The Morgan fingerprint density at radius 3 is 2.31 bits per heavy atom. The molecule has 0 fully saturated rings. The zero-order valence-corrected chi connectivity index (χ0v) is 16.4. The second kappa shape index (κ2) is 7.48. The topological polar surface area (TPSA) is 53.2 Å². The molecule has 0 spiro atoms. The van der Waals surface area contributed by atoms with Crippen LogP contribution in [-0.2, 0) is 4.79 Å².